The van der Waals surface area contributed by atoms with E-state index in [1.807, 2.05) is 11.8 Å². The van der Waals surface area contributed by atoms with Crippen molar-refractivity contribution in [3.05, 3.63) is 0 Å². The summed E-state index contributed by atoms with van der Waals surface area (Å²) in [5, 5.41) is 12.2. The summed E-state index contributed by atoms with van der Waals surface area (Å²) in [6.07, 6.45) is 2.87. The van der Waals surface area contributed by atoms with Gasteiger partial charge in [0, 0.05) is 39.1 Å². The van der Waals surface area contributed by atoms with Crippen LogP contribution in [0.3, 0.4) is 0 Å². The van der Waals surface area contributed by atoms with E-state index >= 15 is 0 Å². The molecule has 3 amide bonds. The van der Waals surface area contributed by atoms with Crippen LogP contribution in [0.15, 0.2) is 0 Å². The van der Waals surface area contributed by atoms with Crippen LogP contribution in [0.1, 0.15) is 46.5 Å². The first-order valence-electron chi connectivity index (χ1n) is 9.79. The molecule has 0 radical (unpaired) electrons. The Morgan fingerprint density at radius 2 is 1.88 bits per heavy atom. The Morgan fingerprint density at radius 3 is 2.54 bits per heavy atom. The molecule has 0 spiro atoms. The Bertz CT molecular complexity index is 523. The number of carboxylic acid groups (broad SMARTS) is 1. The minimum absolute atomic E-state index is 0.0252. The van der Waals surface area contributed by atoms with Crippen LogP contribution in [0.25, 0.3) is 0 Å². The lowest BCUT2D eigenvalue weighted by atomic mass is 9.89. The van der Waals surface area contributed by atoms with Crippen LogP contribution in [-0.2, 0) is 9.59 Å². The molecule has 2 rings (SSSR count). The van der Waals surface area contributed by atoms with E-state index < -0.39 is 11.9 Å². The van der Waals surface area contributed by atoms with Crippen molar-refractivity contribution in [3.8, 4) is 0 Å². The highest BCUT2D eigenvalue weighted by atomic mass is 16.4. The summed E-state index contributed by atoms with van der Waals surface area (Å²) in [7, 11) is 0. The molecule has 2 fully saturated rings. The number of carbonyl (C=O) groups excluding carboxylic acids is 2. The maximum atomic E-state index is 12.7. The van der Waals surface area contributed by atoms with Gasteiger partial charge in [0.15, 0.2) is 0 Å². The number of carbonyl (C=O) groups is 3. The molecule has 2 saturated heterocycles. The monoisotopic (exact) mass is 367 g/mol. The number of rotatable bonds is 5. The van der Waals surface area contributed by atoms with Crippen LogP contribution in [-0.4, -0.2) is 65.5 Å². The van der Waals surface area contributed by atoms with E-state index in [4.69, 9.17) is 0 Å². The number of hydrogen-bond acceptors (Lipinski definition) is 3. The normalized spacial score (nSPS) is 26.7. The first-order valence-corrected chi connectivity index (χ1v) is 9.79. The zero-order valence-electron chi connectivity index (χ0n) is 16.2. The molecule has 0 aliphatic carbocycles. The Morgan fingerprint density at radius 1 is 1.15 bits per heavy atom. The summed E-state index contributed by atoms with van der Waals surface area (Å²) in [6.45, 7) is 9.04. The number of hydrogen-bond donors (Lipinski definition) is 2. The number of likely N-dealkylation sites (tertiary alicyclic amines) is 2. The van der Waals surface area contributed by atoms with Gasteiger partial charge in [-0.05, 0) is 37.0 Å². The highest BCUT2D eigenvalue weighted by Crippen LogP contribution is 2.25. The molecule has 148 valence electrons. The first kappa shape index (κ1) is 20.5. The second-order valence-electron chi connectivity index (χ2n) is 8.41. The summed E-state index contributed by atoms with van der Waals surface area (Å²) >= 11 is 0. The molecular weight excluding hydrogens is 334 g/mol. The molecule has 0 saturated carbocycles. The maximum absolute atomic E-state index is 12.7. The minimum Gasteiger partial charge on any atom is -0.481 e. The predicted octanol–water partition coefficient (Wildman–Crippen LogP) is 2.02. The summed E-state index contributed by atoms with van der Waals surface area (Å²) in [4.78, 5) is 39.8. The lowest BCUT2D eigenvalue weighted by Gasteiger charge is -2.37. The third kappa shape index (κ3) is 5.88. The van der Waals surface area contributed by atoms with Crippen LogP contribution < -0.4 is 5.32 Å². The van der Waals surface area contributed by atoms with E-state index in [1.165, 1.54) is 0 Å². The van der Waals surface area contributed by atoms with Crippen molar-refractivity contribution >= 4 is 17.9 Å². The molecule has 0 aromatic carbocycles. The van der Waals surface area contributed by atoms with Gasteiger partial charge in [-0.2, -0.15) is 0 Å². The van der Waals surface area contributed by atoms with Gasteiger partial charge in [-0.15, -0.1) is 0 Å². The fraction of sp³-hybridized carbons (Fsp3) is 0.842. The van der Waals surface area contributed by atoms with E-state index in [2.05, 4.69) is 19.2 Å². The van der Waals surface area contributed by atoms with Gasteiger partial charge in [-0.3, -0.25) is 9.59 Å². The first-order chi connectivity index (χ1) is 12.3. The molecule has 3 unspecified atom stereocenters. The maximum Gasteiger partial charge on any atom is 0.317 e. The van der Waals surface area contributed by atoms with Crippen LogP contribution in [0.2, 0.25) is 0 Å². The molecule has 0 aromatic heterocycles. The fourth-order valence-corrected chi connectivity index (χ4v) is 3.93. The molecule has 0 aromatic rings. The van der Waals surface area contributed by atoms with Crippen LogP contribution >= 0.6 is 0 Å². The second kappa shape index (κ2) is 9.24. The Balaban J connectivity index is 1.86. The Kier molecular flexibility index (Phi) is 7.29. The number of nitrogens with zero attached hydrogens (tertiary/aromatic N) is 2. The lowest BCUT2D eigenvalue weighted by Crippen LogP contribution is -2.49. The number of urea groups is 1. The number of aliphatic carboxylic acids is 1. The van der Waals surface area contributed by atoms with Crippen molar-refractivity contribution in [2.75, 3.05) is 32.7 Å². The molecule has 3 atom stereocenters. The quantitative estimate of drug-likeness (QED) is 0.778. The second-order valence-corrected chi connectivity index (χ2v) is 8.41. The molecule has 7 nitrogen and oxygen atoms in total. The van der Waals surface area contributed by atoms with Gasteiger partial charge in [-0.1, -0.05) is 20.8 Å². The minimum atomic E-state index is -0.819. The molecule has 0 bridgehead atoms. The lowest BCUT2D eigenvalue weighted by molar-refractivity contribution is -0.147. The third-order valence-electron chi connectivity index (χ3n) is 5.29. The number of amides is 3. The molecule has 2 aliphatic rings. The topological polar surface area (TPSA) is 90.0 Å². The van der Waals surface area contributed by atoms with Crippen molar-refractivity contribution in [3.63, 3.8) is 0 Å². The zero-order valence-corrected chi connectivity index (χ0v) is 16.2. The SMILES string of the molecule is CC(C)CNC(=O)N1CCCC(CC(=O)N2CC(C)CC(C(=O)O)C2)C1. The molecule has 2 N–H and O–H groups in total. The van der Waals surface area contributed by atoms with Crippen molar-refractivity contribution in [2.24, 2.45) is 23.7 Å². The van der Waals surface area contributed by atoms with Gasteiger partial charge in [0.05, 0.1) is 5.92 Å². The fourth-order valence-electron chi connectivity index (χ4n) is 3.93. The van der Waals surface area contributed by atoms with E-state index in [-0.39, 0.29) is 23.8 Å². The molecular formula is C19H33N3O4. The zero-order chi connectivity index (χ0) is 19.3. The van der Waals surface area contributed by atoms with Gasteiger partial charge in [-0.25, -0.2) is 4.79 Å². The molecule has 2 heterocycles. The average Bonchev–Trinajstić information content (AvgIpc) is 2.59. The van der Waals surface area contributed by atoms with Crippen LogP contribution in [0, 0.1) is 23.7 Å². The average molecular weight is 367 g/mol. The summed E-state index contributed by atoms with van der Waals surface area (Å²) in [6, 6.07) is -0.0478. The van der Waals surface area contributed by atoms with Crippen molar-refractivity contribution in [1.82, 2.24) is 15.1 Å². The van der Waals surface area contributed by atoms with Crippen LogP contribution in [0.5, 0.6) is 0 Å². The van der Waals surface area contributed by atoms with Crippen molar-refractivity contribution in [2.45, 2.75) is 46.5 Å². The molecule has 2 aliphatic heterocycles. The third-order valence-corrected chi connectivity index (χ3v) is 5.29. The highest BCUT2D eigenvalue weighted by molar-refractivity contribution is 5.78. The van der Waals surface area contributed by atoms with Gasteiger partial charge >= 0.3 is 12.0 Å². The van der Waals surface area contributed by atoms with E-state index in [9.17, 15) is 19.5 Å². The Hall–Kier alpha value is -1.79. The van der Waals surface area contributed by atoms with Gasteiger partial charge in [0.2, 0.25) is 5.91 Å². The van der Waals surface area contributed by atoms with Crippen LogP contribution in [0.4, 0.5) is 4.79 Å². The van der Waals surface area contributed by atoms with Gasteiger partial charge in [0.25, 0.3) is 0 Å². The molecule has 26 heavy (non-hydrogen) atoms. The highest BCUT2D eigenvalue weighted by Gasteiger charge is 2.33. The largest absolute Gasteiger partial charge is 0.481 e. The van der Waals surface area contributed by atoms with E-state index in [1.54, 1.807) is 4.90 Å². The number of carboxylic acids is 1. The van der Waals surface area contributed by atoms with Crippen molar-refractivity contribution in [1.29, 1.82) is 0 Å². The summed E-state index contributed by atoms with van der Waals surface area (Å²) in [5.41, 5.74) is 0. The number of nitrogens with one attached hydrogen (secondary N) is 1. The van der Waals surface area contributed by atoms with Crippen molar-refractivity contribution < 1.29 is 19.5 Å². The smallest absolute Gasteiger partial charge is 0.317 e. The van der Waals surface area contributed by atoms with Gasteiger partial charge in [0.1, 0.15) is 0 Å². The summed E-state index contributed by atoms with van der Waals surface area (Å²) in [5.74, 6) is -0.492. The van der Waals surface area contributed by atoms with Gasteiger partial charge < -0.3 is 20.2 Å². The Labute approximate surface area is 156 Å². The predicted molar refractivity (Wildman–Crippen MR) is 98.6 cm³/mol. The summed E-state index contributed by atoms with van der Waals surface area (Å²) < 4.78 is 0. The van der Waals surface area contributed by atoms with E-state index in [0.717, 1.165) is 19.4 Å². The number of piperidine rings is 2. The standard InChI is InChI=1S/C19H33N3O4/c1-13(2)9-20-19(26)21-6-4-5-15(11-21)8-17(23)22-10-14(3)7-16(12-22)18(24)25/h13-16H,4-12H2,1-3H3,(H,20,26)(H,24,25). The molecule has 7 heteroatoms. The van der Waals surface area contributed by atoms with E-state index in [0.29, 0.717) is 44.9 Å².